The number of aromatic nitrogens is 3. The summed E-state index contributed by atoms with van der Waals surface area (Å²) >= 11 is 0. The van der Waals surface area contributed by atoms with Crippen LogP contribution in [0, 0.1) is 11.6 Å². The lowest BCUT2D eigenvalue weighted by Crippen LogP contribution is -2.24. The zero-order valence-corrected chi connectivity index (χ0v) is 18.8. The van der Waals surface area contributed by atoms with E-state index in [2.05, 4.69) is 10.1 Å². The number of carbonyl (C=O) groups is 1. The number of nitrogens with zero attached hydrogens (tertiary/aromatic N) is 4. The van der Waals surface area contributed by atoms with Gasteiger partial charge in [0.15, 0.2) is 0 Å². The van der Waals surface area contributed by atoms with Gasteiger partial charge >= 0.3 is 0 Å². The average Bonchev–Trinajstić information content (AvgIpc) is 3.56. The van der Waals surface area contributed by atoms with Crippen molar-refractivity contribution in [3.63, 3.8) is 0 Å². The standard InChI is InChI=1S/C26H22F2N4O3/c1-31-11-19-17(4-5-24(25(19)30-31)35-16-6-8-34-14-16)15-9-21(27)20(22(28)10-15)12-32-13-23-18(26(32)33)3-2-7-29-23/h2-5,7,9-11,16H,6,8,12-14H2,1H3/t16-/m1/s1/i13D2. The molecule has 2 aromatic carbocycles. The van der Waals surface area contributed by atoms with Crippen LogP contribution in [-0.4, -0.2) is 44.9 Å². The predicted molar refractivity (Wildman–Crippen MR) is 124 cm³/mol. The summed E-state index contributed by atoms with van der Waals surface area (Å²) in [6.07, 6.45) is 3.82. The zero-order valence-electron chi connectivity index (χ0n) is 20.8. The smallest absolute Gasteiger partial charge is 0.256 e. The maximum Gasteiger partial charge on any atom is 0.256 e. The van der Waals surface area contributed by atoms with Gasteiger partial charge in [-0.15, -0.1) is 0 Å². The Labute approximate surface area is 202 Å². The lowest BCUT2D eigenvalue weighted by Gasteiger charge is -2.17. The summed E-state index contributed by atoms with van der Waals surface area (Å²) < 4.78 is 60.4. The summed E-state index contributed by atoms with van der Waals surface area (Å²) in [4.78, 5) is 17.6. The van der Waals surface area contributed by atoms with Crippen LogP contribution in [-0.2, 0) is 24.8 Å². The van der Waals surface area contributed by atoms with Crippen molar-refractivity contribution in [1.29, 1.82) is 0 Å². The molecule has 7 nitrogen and oxygen atoms in total. The van der Waals surface area contributed by atoms with Crippen LogP contribution in [0.4, 0.5) is 8.78 Å². The average molecular weight is 478 g/mol. The largest absolute Gasteiger partial charge is 0.486 e. The summed E-state index contributed by atoms with van der Waals surface area (Å²) in [6, 6.07) is 8.80. The molecule has 0 unspecified atom stereocenters. The molecule has 1 saturated heterocycles. The van der Waals surface area contributed by atoms with Crippen molar-refractivity contribution in [3.8, 4) is 16.9 Å². The van der Waals surface area contributed by atoms with Gasteiger partial charge in [-0.05, 0) is 47.5 Å². The van der Waals surface area contributed by atoms with Crippen LogP contribution >= 0.6 is 0 Å². The van der Waals surface area contributed by atoms with Crippen molar-refractivity contribution >= 4 is 16.8 Å². The van der Waals surface area contributed by atoms with Gasteiger partial charge in [0.05, 0.1) is 40.3 Å². The number of fused-ring (bicyclic) bond motifs is 2. The van der Waals surface area contributed by atoms with Gasteiger partial charge in [0.25, 0.3) is 5.91 Å². The monoisotopic (exact) mass is 478 g/mol. The molecule has 2 aliphatic rings. The quantitative estimate of drug-likeness (QED) is 0.429. The minimum atomic E-state index is -2.30. The Bertz CT molecular complexity index is 1530. The van der Waals surface area contributed by atoms with E-state index in [0.29, 0.717) is 35.4 Å². The van der Waals surface area contributed by atoms with E-state index in [0.717, 1.165) is 11.3 Å². The highest BCUT2D eigenvalue weighted by Crippen LogP contribution is 2.36. The van der Waals surface area contributed by atoms with Gasteiger partial charge < -0.3 is 14.4 Å². The molecule has 178 valence electrons. The second kappa shape index (κ2) is 8.42. The Balaban J connectivity index is 1.35. The molecule has 6 rings (SSSR count). The fourth-order valence-corrected chi connectivity index (χ4v) is 4.50. The van der Waals surface area contributed by atoms with Crippen molar-refractivity contribution in [2.75, 3.05) is 13.2 Å². The van der Waals surface area contributed by atoms with Crippen LogP contribution < -0.4 is 4.74 Å². The van der Waals surface area contributed by atoms with Crippen LogP contribution in [0.3, 0.4) is 0 Å². The van der Waals surface area contributed by atoms with Crippen LogP contribution in [0.25, 0.3) is 22.0 Å². The Morgan fingerprint density at radius 3 is 2.80 bits per heavy atom. The molecule has 4 heterocycles. The summed E-state index contributed by atoms with van der Waals surface area (Å²) in [6.45, 7) is -1.76. The summed E-state index contributed by atoms with van der Waals surface area (Å²) in [5.41, 5.74) is 1.02. The maximum atomic E-state index is 15.3. The molecule has 0 radical (unpaired) electrons. The van der Waals surface area contributed by atoms with E-state index in [9.17, 15) is 4.79 Å². The fourth-order valence-electron chi connectivity index (χ4n) is 4.50. The number of halogens is 2. The number of rotatable bonds is 5. The van der Waals surface area contributed by atoms with Gasteiger partial charge in [-0.2, -0.15) is 5.10 Å². The van der Waals surface area contributed by atoms with E-state index in [1.165, 1.54) is 30.5 Å². The van der Waals surface area contributed by atoms with Gasteiger partial charge in [0.2, 0.25) is 0 Å². The first-order chi connectivity index (χ1) is 17.7. The number of hydrogen-bond donors (Lipinski definition) is 0. The highest BCUT2D eigenvalue weighted by Gasteiger charge is 2.30. The second-order valence-corrected chi connectivity index (χ2v) is 8.60. The van der Waals surface area contributed by atoms with Crippen LogP contribution in [0.5, 0.6) is 5.75 Å². The highest BCUT2D eigenvalue weighted by molar-refractivity contribution is 5.98. The number of pyridine rings is 1. The molecule has 2 aliphatic heterocycles. The molecule has 0 bridgehead atoms. The molecule has 0 spiro atoms. The lowest BCUT2D eigenvalue weighted by atomic mass is 9.99. The maximum absolute atomic E-state index is 15.3. The molecule has 1 amide bonds. The van der Waals surface area contributed by atoms with E-state index >= 15 is 8.78 Å². The van der Waals surface area contributed by atoms with Crippen LogP contribution in [0.2, 0.25) is 0 Å². The number of hydrogen-bond acceptors (Lipinski definition) is 5. The predicted octanol–water partition coefficient (Wildman–Crippen LogP) is 4.24. The van der Waals surface area contributed by atoms with Crippen LogP contribution in [0.15, 0.2) is 48.8 Å². The molecule has 0 N–H and O–H groups in total. The lowest BCUT2D eigenvalue weighted by molar-refractivity contribution is 0.0763. The minimum Gasteiger partial charge on any atom is -0.486 e. The molecule has 1 atom stereocenters. The van der Waals surface area contributed by atoms with E-state index in [1.807, 2.05) is 0 Å². The van der Waals surface area contributed by atoms with Crippen molar-refractivity contribution in [2.45, 2.75) is 25.6 Å². The molecule has 9 heteroatoms. The van der Waals surface area contributed by atoms with Gasteiger partial charge in [-0.25, -0.2) is 8.78 Å². The van der Waals surface area contributed by atoms with E-state index in [1.54, 1.807) is 30.1 Å². The Morgan fingerprint density at radius 2 is 2.06 bits per heavy atom. The number of aryl methyl sites for hydroxylation is 1. The van der Waals surface area contributed by atoms with Gasteiger partial charge in [-0.3, -0.25) is 14.5 Å². The number of ether oxygens (including phenoxy) is 2. The second-order valence-electron chi connectivity index (χ2n) is 8.60. The Morgan fingerprint density at radius 1 is 1.23 bits per heavy atom. The van der Waals surface area contributed by atoms with E-state index < -0.39 is 36.1 Å². The molecular weight excluding hydrogens is 454 g/mol. The number of carbonyl (C=O) groups excluding carboxylic acids is 1. The first kappa shape index (κ1) is 19.5. The summed E-state index contributed by atoms with van der Waals surface area (Å²) in [5, 5.41) is 5.15. The van der Waals surface area contributed by atoms with E-state index in [4.69, 9.17) is 12.2 Å². The number of benzene rings is 2. The number of amides is 1. The van der Waals surface area contributed by atoms with Crippen molar-refractivity contribution in [1.82, 2.24) is 19.7 Å². The first-order valence-corrected chi connectivity index (χ1v) is 11.2. The molecule has 35 heavy (non-hydrogen) atoms. The molecule has 4 aromatic rings. The fraction of sp³-hybridized carbons (Fsp3) is 0.269. The molecular formula is C26H22F2N4O3. The Hall–Kier alpha value is -3.85. The normalized spacial score (nSPS) is 19.7. The molecule has 1 fully saturated rings. The summed E-state index contributed by atoms with van der Waals surface area (Å²) in [5.74, 6) is -1.88. The van der Waals surface area contributed by atoms with Crippen molar-refractivity contribution in [3.05, 3.63) is 77.2 Å². The Kier molecular flexibility index (Phi) is 4.68. The van der Waals surface area contributed by atoms with Gasteiger partial charge in [-0.1, -0.05) is 0 Å². The van der Waals surface area contributed by atoms with E-state index in [-0.39, 0.29) is 22.9 Å². The first-order valence-electron chi connectivity index (χ1n) is 12.2. The zero-order chi connectivity index (χ0) is 25.9. The molecule has 0 saturated carbocycles. The third-order valence-corrected chi connectivity index (χ3v) is 6.23. The molecule has 0 aliphatic carbocycles. The highest BCUT2D eigenvalue weighted by atomic mass is 19.1. The van der Waals surface area contributed by atoms with Crippen molar-refractivity contribution < 1.29 is 25.8 Å². The van der Waals surface area contributed by atoms with Gasteiger partial charge in [0, 0.05) is 36.8 Å². The van der Waals surface area contributed by atoms with Gasteiger partial charge in [0.1, 0.15) is 29.0 Å². The SMILES string of the molecule is [2H]C1([2H])c2ncccc2C(=O)N1Cc1c(F)cc(-c2ccc(O[C@@H]3CCOC3)c3nn(C)cc23)cc1F. The van der Waals surface area contributed by atoms with Crippen molar-refractivity contribution in [2.24, 2.45) is 7.05 Å². The third kappa shape index (κ3) is 3.81. The topological polar surface area (TPSA) is 69.5 Å². The summed E-state index contributed by atoms with van der Waals surface area (Å²) in [7, 11) is 1.75. The van der Waals surface area contributed by atoms with Crippen LogP contribution in [0.1, 0.15) is 30.8 Å². The minimum absolute atomic E-state index is 0.0668. The third-order valence-electron chi connectivity index (χ3n) is 6.23. The molecule has 2 aromatic heterocycles.